The molecule has 0 amide bonds. The first-order valence-corrected chi connectivity index (χ1v) is 10.7. The molecule has 0 saturated carbocycles. The second-order valence-corrected chi connectivity index (χ2v) is 9.33. The zero-order chi connectivity index (χ0) is 20.3. The smallest absolute Gasteiger partial charge is 0.192 e. The van der Waals surface area contributed by atoms with Gasteiger partial charge in [-0.15, -0.1) is 0 Å². The Morgan fingerprint density at radius 3 is 2.68 bits per heavy atom. The number of hydrogen-bond acceptors (Lipinski definition) is 10. The molecular formula is C18H25N7OS2. The monoisotopic (exact) mass is 419 g/mol. The van der Waals surface area contributed by atoms with E-state index in [1.165, 1.54) is 23.1 Å². The van der Waals surface area contributed by atoms with Crippen LogP contribution in [0.1, 0.15) is 38.1 Å². The van der Waals surface area contributed by atoms with Gasteiger partial charge in [0.1, 0.15) is 4.70 Å². The van der Waals surface area contributed by atoms with Crippen LogP contribution < -0.4 is 16.8 Å². The summed E-state index contributed by atoms with van der Waals surface area (Å²) < 4.78 is 0.791. The van der Waals surface area contributed by atoms with Gasteiger partial charge in [-0.3, -0.25) is 4.98 Å². The van der Waals surface area contributed by atoms with Crippen molar-refractivity contribution in [3.05, 3.63) is 24.0 Å². The average molecular weight is 420 g/mol. The maximum Gasteiger partial charge on any atom is 0.192 e. The van der Waals surface area contributed by atoms with Gasteiger partial charge in [-0.05, 0) is 31.4 Å². The SMILES string of the molecule is CC(C)C[C@H](CO)Nc1nc(S[C@@H](C)c2cc(N)ccn2)nc2nc(N)sc12. The predicted octanol–water partition coefficient (Wildman–Crippen LogP) is 3.32. The van der Waals surface area contributed by atoms with Crippen LogP contribution in [0.15, 0.2) is 23.5 Å². The summed E-state index contributed by atoms with van der Waals surface area (Å²) in [6.07, 6.45) is 2.51. The quantitative estimate of drug-likeness (QED) is 0.320. The minimum atomic E-state index is -0.104. The summed E-state index contributed by atoms with van der Waals surface area (Å²) in [6.45, 7) is 6.28. The molecule has 0 fully saturated rings. The van der Waals surface area contributed by atoms with Gasteiger partial charge in [0.2, 0.25) is 0 Å². The fraction of sp³-hybridized carbons (Fsp3) is 0.444. The predicted molar refractivity (Wildman–Crippen MR) is 116 cm³/mol. The number of anilines is 3. The fourth-order valence-electron chi connectivity index (χ4n) is 2.82. The van der Waals surface area contributed by atoms with Gasteiger partial charge in [-0.25, -0.2) is 15.0 Å². The molecule has 0 saturated heterocycles. The number of aromatic nitrogens is 4. The van der Waals surface area contributed by atoms with Crippen molar-refractivity contribution in [2.45, 2.75) is 43.6 Å². The number of aliphatic hydroxyl groups excluding tert-OH is 1. The van der Waals surface area contributed by atoms with E-state index in [0.29, 0.717) is 33.4 Å². The highest BCUT2D eigenvalue weighted by atomic mass is 32.2. The number of fused-ring (bicyclic) bond motifs is 1. The van der Waals surface area contributed by atoms with Gasteiger partial charge in [0.15, 0.2) is 21.8 Å². The zero-order valence-corrected chi connectivity index (χ0v) is 17.7. The van der Waals surface area contributed by atoms with E-state index < -0.39 is 0 Å². The molecule has 6 N–H and O–H groups in total. The third kappa shape index (κ3) is 5.00. The number of nitrogen functional groups attached to an aromatic ring is 2. The number of thiazole rings is 1. The largest absolute Gasteiger partial charge is 0.399 e. The first-order chi connectivity index (χ1) is 13.4. The van der Waals surface area contributed by atoms with Crippen LogP contribution in [0.25, 0.3) is 10.3 Å². The van der Waals surface area contributed by atoms with E-state index in [1.807, 2.05) is 13.0 Å². The minimum absolute atomic E-state index is 0.00841. The molecule has 0 radical (unpaired) electrons. The van der Waals surface area contributed by atoms with Crippen molar-refractivity contribution < 1.29 is 5.11 Å². The van der Waals surface area contributed by atoms with Crippen LogP contribution in [-0.4, -0.2) is 37.7 Å². The summed E-state index contributed by atoms with van der Waals surface area (Å²) in [4.78, 5) is 17.9. The Morgan fingerprint density at radius 1 is 1.21 bits per heavy atom. The van der Waals surface area contributed by atoms with Crippen LogP contribution in [0.4, 0.5) is 16.6 Å². The van der Waals surface area contributed by atoms with E-state index in [2.05, 4.69) is 39.1 Å². The molecule has 150 valence electrons. The van der Waals surface area contributed by atoms with E-state index in [4.69, 9.17) is 11.5 Å². The molecule has 2 atom stereocenters. The average Bonchev–Trinajstić information content (AvgIpc) is 3.01. The lowest BCUT2D eigenvalue weighted by atomic mass is 10.0. The molecule has 0 unspecified atom stereocenters. The summed E-state index contributed by atoms with van der Waals surface area (Å²) in [7, 11) is 0. The Balaban J connectivity index is 1.90. The zero-order valence-electron chi connectivity index (χ0n) is 16.1. The molecular weight excluding hydrogens is 394 g/mol. The van der Waals surface area contributed by atoms with Gasteiger partial charge in [0.05, 0.1) is 23.6 Å². The van der Waals surface area contributed by atoms with E-state index in [-0.39, 0.29) is 17.9 Å². The van der Waals surface area contributed by atoms with Gasteiger partial charge in [-0.1, -0.05) is 36.9 Å². The van der Waals surface area contributed by atoms with Crippen molar-refractivity contribution in [2.75, 3.05) is 23.4 Å². The maximum absolute atomic E-state index is 9.73. The first-order valence-electron chi connectivity index (χ1n) is 9.05. The molecule has 8 nitrogen and oxygen atoms in total. The van der Waals surface area contributed by atoms with Gasteiger partial charge >= 0.3 is 0 Å². The van der Waals surface area contributed by atoms with Crippen LogP contribution in [-0.2, 0) is 0 Å². The van der Waals surface area contributed by atoms with Gasteiger partial charge in [0, 0.05) is 11.9 Å². The molecule has 3 aromatic heterocycles. The second-order valence-electron chi connectivity index (χ2n) is 6.99. The van der Waals surface area contributed by atoms with E-state index in [9.17, 15) is 5.11 Å². The van der Waals surface area contributed by atoms with E-state index >= 15 is 0 Å². The standard InChI is InChI=1S/C18H25N7OS2/c1-9(2)6-12(8-26)22-15-14-16(23-17(20)28-14)25-18(24-15)27-10(3)13-7-11(19)4-5-21-13/h4-5,7,9-10,12,26H,6,8H2,1-3H3,(H2,19,21)(H3,20,22,23,24,25)/t10-,12+/m0/s1. The number of nitrogens with one attached hydrogen (secondary N) is 1. The van der Waals surface area contributed by atoms with Crippen LogP contribution in [0.3, 0.4) is 0 Å². The van der Waals surface area contributed by atoms with Gasteiger partial charge in [-0.2, -0.15) is 0 Å². The number of nitrogens with zero attached hydrogens (tertiary/aromatic N) is 4. The number of pyridine rings is 1. The first kappa shape index (κ1) is 20.6. The van der Waals surface area contributed by atoms with Crippen molar-refractivity contribution in [2.24, 2.45) is 5.92 Å². The van der Waals surface area contributed by atoms with Crippen LogP contribution in [0.2, 0.25) is 0 Å². The summed E-state index contributed by atoms with van der Waals surface area (Å²) in [5, 5.41) is 14.1. The molecule has 0 spiro atoms. The summed E-state index contributed by atoms with van der Waals surface area (Å²) in [5.41, 5.74) is 13.8. The number of aliphatic hydroxyl groups is 1. The third-order valence-electron chi connectivity index (χ3n) is 4.07. The Hall–Kier alpha value is -2.17. The van der Waals surface area contributed by atoms with E-state index in [1.54, 1.807) is 12.3 Å². The molecule has 10 heteroatoms. The molecule has 3 rings (SSSR count). The molecule has 0 aliphatic heterocycles. The normalized spacial score (nSPS) is 13.8. The third-order valence-corrected chi connectivity index (χ3v) is 5.94. The second kappa shape index (κ2) is 8.89. The van der Waals surface area contributed by atoms with Crippen molar-refractivity contribution in [1.82, 2.24) is 19.9 Å². The topological polar surface area (TPSA) is 136 Å². The van der Waals surface area contributed by atoms with Crippen molar-refractivity contribution in [1.29, 1.82) is 0 Å². The number of nitrogens with two attached hydrogens (primary N) is 2. The Bertz CT molecular complexity index is 947. The summed E-state index contributed by atoms with van der Waals surface area (Å²) >= 11 is 2.81. The fourth-order valence-corrected chi connectivity index (χ4v) is 4.39. The highest BCUT2D eigenvalue weighted by Gasteiger charge is 2.19. The Morgan fingerprint density at radius 2 is 2.00 bits per heavy atom. The molecule has 0 aliphatic carbocycles. The minimum Gasteiger partial charge on any atom is -0.399 e. The lowest BCUT2D eigenvalue weighted by Gasteiger charge is -2.19. The highest BCUT2D eigenvalue weighted by Crippen LogP contribution is 2.36. The Kier molecular flexibility index (Phi) is 6.53. The van der Waals surface area contributed by atoms with Crippen LogP contribution in [0.5, 0.6) is 0 Å². The van der Waals surface area contributed by atoms with Crippen molar-refractivity contribution >= 4 is 50.1 Å². The van der Waals surface area contributed by atoms with E-state index in [0.717, 1.165) is 16.8 Å². The molecule has 0 aromatic carbocycles. The summed E-state index contributed by atoms with van der Waals surface area (Å²) in [5.74, 6) is 1.09. The molecule has 28 heavy (non-hydrogen) atoms. The maximum atomic E-state index is 9.73. The van der Waals surface area contributed by atoms with Gasteiger partial charge < -0.3 is 21.9 Å². The number of thioether (sulfide) groups is 1. The van der Waals surface area contributed by atoms with Crippen molar-refractivity contribution in [3.8, 4) is 0 Å². The summed E-state index contributed by atoms with van der Waals surface area (Å²) in [6, 6.07) is 3.50. The molecule has 3 heterocycles. The number of rotatable bonds is 8. The molecule has 3 aromatic rings. The Labute approximate surface area is 172 Å². The van der Waals surface area contributed by atoms with Crippen LogP contribution >= 0.6 is 23.1 Å². The molecule has 0 bridgehead atoms. The highest BCUT2D eigenvalue weighted by molar-refractivity contribution is 7.99. The lowest BCUT2D eigenvalue weighted by Crippen LogP contribution is -2.26. The van der Waals surface area contributed by atoms with Crippen LogP contribution in [0, 0.1) is 5.92 Å². The lowest BCUT2D eigenvalue weighted by molar-refractivity contribution is 0.259. The number of hydrogen-bond donors (Lipinski definition) is 4. The van der Waals surface area contributed by atoms with Crippen molar-refractivity contribution in [3.63, 3.8) is 0 Å². The molecule has 0 aliphatic rings. The van der Waals surface area contributed by atoms with Gasteiger partial charge in [0.25, 0.3) is 0 Å².